The highest BCUT2D eigenvalue weighted by molar-refractivity contribution is 7.91. The number of fused-ring (bicyclic) bond motifs is 1. The van der Waals surface area contributed by atoms with Gasteiger partial charge in [-0.1, -0.05) is 54.6 Å². The summed E-state index contributed by atoms with van der Waals surface area (Å²) in [5, 5.41) is 3.34. The Hall–Kier alpha value is -3.87. The number of aromatic nitrogens is 1. The third-order valence-electron chi connectivity index (χ3n) is 9.43. The Morgan fingerprint density at radius 2 is 1.69 bits per heavy atom. The van der Waals surface area contributed by atoms with Crippen LogP contribution in [-0.4, -0.2) is 73.8 Å². The second-order valence-corrected chi connectivity index (χ2v) is 14.8. The van der Waals surface area contributed by atoms with Crippen LogP contribution >= 0.6 is 0 Å². The molecule has 254 valence electrons. The van der Waals surface area contributed by atoms with Crippen LogP contribution in [0.15, 0.2) is 77.7 Å². The van der Waals surface area contributed by atoms with Crippen molar-refractivity contribution < 1.29 is 30.8 Å². The second-order valence-electron chi connectivity index (χ2n) is 12.8. The molecule has 0 spiro atoms. The first-order valence-corrected chi connectivity index (χ1v) is 18.0. The molecule has 0 saturated carbocycles. The molecule has 3 aromatic carbocycles. The van der Waals surface area contributed by atoms with Crippen LogP contribution in [0.3, 0.4) is 0 Å². The number of sulfone groups is 1. The highest BCUT2D eigenvalue weighted by Crippen LogP contribution is 2.38. The molecule has 2 saturated heterocycles. The molecule has 4 aromatic rings. The Kier molecular flexibility index (Phi) is 9.61. The molecule has 48 heavy (non-hydrogen) atoms. The summed E-state index contributed by atoms with van der Waals surface area (Å²) in [6, 6.07) is 18.4. The van der Waals surface area contributed by atoms with Crippen molar-refractivity contribution in [1.29, 1.82) is 0 Å². The fourth-order valence-corrected chi connectivity index (χ4v) is 7.76. The molecule has 0 radical (unpaired) electrons. The first-order chi connectivity index (χ1) is 22.8. The van der Waals surface area contributed by atoms with Gasteiger partial charge in [0.05, 0.1) is 33.3 Å². The zero-order valence-corrected chi connectivity index (χ0v) is 27.6. The zero-order chi connectivity index (χ0) is 34.2. The van der Waals surface area contributed by atoms with Crippen LogP contribution in [0.4, 0.5) is 17.6 Å². The van der Waals surface area contributed by atoms with Crippen LogP contribution in [0.25, 0.3) is 22.2 Å². The average Bonchev–Trinajstić information content (AvgIpc) is 3.50. The van der Waals surface area contributed by atoms with E-state index < -0.39 is 39.7 Å². The van der Waals surface area contributed by atoms with E-state index in [4.69, 9.17) is 4.98 Å². The van der Waals surface area contributed by atoms with Crippen molar-refractivity contribution in [2.24, 2.45) is 0 Å². The van der Waals surface area contributed by atoms with Gasteiger partial charge in [-0.2, -0.15) is 13.2 Å². The Labute approximate surface area is 277 Å². The Balaban J connectivity index is 1.50. The summed E-state index contributed by atoms with van der Waals surface area (Å²) >= 11 is 0. The first kappa shape index (κ1) is 34.0. The van der Waals surface area contributed by atoms with Crippen molar-refractivity contribution in [3.63, 3.8) is 0 Å². The van der Waals surface area contributed by atoms with E-state index in [0.29, 0.717) is 43.5 Å². The van der Waals surface area contributed by atoms with Gasteiger partial charge < -0.3 is 5.32 Å². The zero-order valence-electron chi connectivity index (χ0n) is 26.8. The van der Waals surface area contributed by atoms with Gasteiger partial charge in [0, 0.05) is 48.4 Å². The molecule has 2 fully saturated rings. The number of amides is 1. The number of likely N-dealkylation sites (tertiary alicyclic amines) is 2. The Morgan fingerprint density at radius 3 is 2.33 bits per heavy atom. The Morgan fingerprint density at radius 1 is 0.979 bits per heavy atom. The molecule has 7 nitrogen and oxygen atoms in total. The van der Waals surface area contributed by atoms with Crippen molar-refractivity contribution in [1.82, 2.24) is 20.1 Å². The molecule has 0 unspecified atom stereocenters. The van der Waals surface area contributed by atoms with Gasteiger partial charge in [-0.3, -0.25) is 14.6 Å². The highest BCUT2D eigenvalue weighted by atomic mass is 32.2. The van der Waals surface area contributed by atoms with E-state index in [0.717, 1.165) is 36.8 Å². The predicted octanol–water partition coefficient (Wildman–Crippen LogP) is 6.82. The lowest BCUT2D eigenvalue weighted by atomic mass is 9.93. The number of nitrogens with zero attached hydrogens (tertiary/aromatic N) is 3. The van der Waals surface area contributed by atoms with Crippen molar-refractivity contribution in [2.45, 2.75) is 62.1 Å². The minimum atomic E-state index is -4.63. The molecule has 12 heteroatoms. The van der Waals surface area contributed by atoms with E-state index in [9.17, 15) is 30.8 Å². The fraction of sp³-hybridized carbons (Fsp3) is 0.389. The van der Waals surface area contributed by atoms with Crippen LogP contribution in [-0.2, 0) is 22.6 Å². The largest absolute Gasteiger partial charge is 0.416 e. The number of hydrogen-bond donors (Lipinski definition) is 1. The van der Waals surface area contributed by atoms with Gasteiger partial charge in [0.1, 0.15) is 6.17 Å². The summed E-state index contributed by atoms with van der Waals surface area (Å²) < 4.78 is 81.7. The SMILES string of the molecule is C[C@H](NC(=O)c1c(CN2CCC(N3CC[C@H](F)C3)CC2)c(-c2cccc(C(F)(F)F)c2)nc2c(S(C)(=O)=O)cccc12)c1ccccc1. The predicted molar refractivity (Wildman–Crippen MR) is 177 cm³/mol. The van der Waals surface area contributed by atoms with Crippen LogP contribution in [0.1, 0.15) is 59.3 Å². The van der Waals surface area contributed by atoms with Gasteiger partial charge in [-0.25, -0.2) is 17.8 Å². The minimum Gasteiger partial charge on any atom is -0.345 e. The van der Waals surface area contributed by atoms with Gasteiger partial charge in [0.2, 0.25) is 0 Å². The van der Waals surface area contributed by atoms with Gasteiger partial charge in [0.15, 0.2) is 9.84 Å². The normalized spacial score (nSPS) is 19.1. The minimum absolute atomic E-state index is 0.0159. The molecule has 1 aromatic heterocycles. The van der Waals surface area contributed by atoms with Gasteiger partial charge >= 0.3 is 6.18 Å². The maximum Gasteiger partial charge on any atom is 0.416 e. The summed E-state index contributed by atoms with van der Waals surface area (Å²) in [6.45, 7) is 4.42. The third kappa shape index (κ3) is 7.25. The number of piperidine rings is 1. The van der Waals surface area contributed by atoms with Crippen molar-refractivity contribution in [3.8, 4) is 11.3 Å². The number of pyridine rings is 1. The van der Waals surface area contributed by atoms with E-state index in [1.54, 1.807) is 12.1 Å². The summed E-state index contributed by atoms with van der Waals surface area (Å²) in [7, 11) is -3.84. The number of para-hydroxylation sites is 1. The lowest BCUT2D eigenvalue weighted by molar-refractivity contribution is -0.137. The van der Waals surface area contributed by atoms with Crippen molar-refractivity contribution in [3.05, 3.63) is 95.1 Å². The second kappa shape index (κ2) is 13.6. The number of hydrogen-bond acceptors (Lipinski definition) is 6. The molecule has 1 N–H and O–H groups in total. The molecule has 0 bridgehead atoms. The smallest absolute Gasteiger partial charge is 0.345 e. The number of carbonyl (C=O) groups excluding carboxylic acids is 1. The highest BCUT2D eigenvalue weighted by Gasteiger charge is 2.34. The number of carbonyl (C=O) groups is 1. The van der Waals surface area contributed by atoms with Crippen LogP contribution < -0.4 is 5.32 Å². The van der Waals surface area contributed by atoms with E-state index in [1.807, 2.05) is 37.3 Å². The number of nitrogens with one attached hydrogen (secondary N) is 1. The molecule has 3 heterocycles. The number of benzene rings is 3. The third-order valence-corrected chi connectivity index (χ3v) is 10.6. The molecule has 6 rings (SSSR count). The first-order valence-electron chi connectivity index (χ1n) is 16.1. The topological polar surface area (TPSA) is 82.6 Å². The van der Waals surface area contributed by atoms with Crippen LogP contribution in [0.2, 0.25) is 0 Å². The molecule has 2 atom stereocenters. The van der Waals surface area contributed by atoms with Gasteiger partial charge in [-0.15, -0.1) is 0 Å². The number of halogens is 4. The maximum absolute atomic E-state index is 14.4. The molecule has 0 aliphatic carbocycles. The van der Waals surface area contributed by atoms with Crippen LogP contribution in [0, 0.1) is 0 Å². The van der Waals surface area contributed by atoms with E-state index in [2.05, 4.69) is 15.1 Å². The summed E-state index contributed by atoms with van der Waals surface area (Å²) in [4.78, 5) is 23.4. The summed E-state index contributed by atoms with van der Waals surface area (Å²) in [6.07, 6.45) is -2.34. The fourth-order valence-electron chi connectivity index (χ4n) is 6.93. The van der Waals surface area contributed by atoms with Crippen LogP contribution in [0.5, 0.6) is 0 Å². The molecular formula is C36H38F4N4O3S. The molecular weight excluding hydrogens is 644 g/mol. The van der Waals surface area contributed by atoms with Crippen molar-refractivity contribution >= 4 is 26.6 Å². The molecule has 1 amide bonds. The number of alkyl halides is 4. The standard InChI is InChI=1S/C36H38F4N4O3S/c1-23(24-8-4-3-5-9-24)41-35(45)32-29-12-7-13-31(48(2,46)47)34(29)42-33(25-10-6-11-26(20-25)36(38,39)40)30(32)22-43-17-15-28(16-18-43)44-19-14-27(37)21-44/h3-13,20,23,27-28H,14-19,21-22H2,1-2H3,(H,41,45)/t23-,27-/m0/s1. The van der Waals surface area contributed by atoms with E-state index >= 15 is 0 Å². The average molecular weight is 683 g/mol. The number of rotatable bonds is 8. The van der Waals surface area contributed by atoms with Crippen molar-refractivity contribution in [2.75, 3.05) is 32.4 Å². The van der Waals surface area contributed by atoms with E-state index in [1.165, 1.54) is 18.2 Å². The van der Waals surface area contributed by atoms with Gasteiger partial charge in [-0.05, 0) is 63.0 Å². The van der Waals surface area contributed by atoms with Gasteiger partial charge in [0.25, 0.3) is 5.91 Å². The lowest BCUT2D eigenvalue weighted by Crippen LogP contribution is -2.44. The lowest BCUT2D eigenvalue weighted by Gasteiger charge is -2.37. The quantitative estimate of drug-likeness (QED) is 0.206. The monoisotopic (exact) mass is 682 g/mol. The maximum atomic E-state index is 14.4. The molecule has 2 aliphatic heterocycles. The summed E-state index contributed by atoms with van der Waals surface area (Å²) in [5.74, 6) is -0.492. The Bertz CT molecular complexity index is 1910. The van der Waals surface area contributed by atoms with E-state index in [-0.39, 0.29) is 39.8 Å². The molecule has 2 aliphatic rings. The summed E-state index contributed by atoms with van der Waals surface area (Å²) in [5.41, 5.74) is 0.796.